The Kier molecular flexibility index (Phi) is 8.62. The van der Waals surface area contributed by atoms with Crippen molar-refractivity contribution >= 4 is 22.6 Å². The molecule has 20 heavy (non-hydrogen) atoms. The van der Waals surface area contributed by atoms with Crippen molar-refractivity contribution in [2.24, 2.45) is 0 Å². The van der Waals surface area contributed by atoms with E-state index in [1.165, 1.54) is 14.7 Å². The van der Waals surface area contributed by atoms with Crippen molar-refractivity contribution in [2.75, 3.05) is 13.7 Å². The third-order valence-corrected chi connectivity index (χ3v) is 3.38. The fourth-order valence-electron chi connectivity index (χ4n) is 1.70. The first-order chi connectivity index (χ1) is 9.61. The number of ether oxygens (including phenoxy) is 2. The molecule has 1 rings (SSSR count). The van der Waals surface area contributed by atoms with Gasteiger partial charge in [-0.1, -0.05) is 29.9 Å². The Balaban J connectivity index is 2.24. The Morgan fingerprint density at radius 3 is 2.45 bits per heavy atom. The Bertz CT molecular complexity index is 443. The van der Waals surface area contributed by atoms with Gasteiger partial charge >= 0.3 is 0 Å². The Morgan fingerprint density at radius 2 is 1.85 bits per heavy atom. The molecule has 0 saturated heterocycles. The quantitative estimate of drug-likeness (QED) is 0.344. The molecule has 0 bridgehead atoms. The van der Waals surface area contributed by atoms with Crippen molar-refractivity contribution in [1.29, 1.82) is 0 Å². The Hall–Kier alpha value is -0.810. The molecule has 1 aromatic carbocycles. The molecule has 0 heterocycles. The zero-order valence-corrected chi connectivity index (χ0v) is 14.6. The van der Waals surface area contributed by atoms with Crippen LogP contribution in [0.5, 0.6) is 5.75 Å². The number of rotatable bonds is 8. The van der Waals surface area contributed by atoms with E-state index in [2.05, 4.69) is 48.6 Å². The van der Waals surface area contributed by atoms with Crippen molar-refractivity contribution in [1.82, 2.24) is 0 Å². The van der Waals surface area contributed by atoms with E-state index in [-0.39, 0.29) is 0 Å². The average Bonchev–Trinajstić information content (AvgIpc) is 2.44. The second-order valence-corrected chi connectivity index (χ2v) is 6.44. The van der Waals surface area contributed by atoms with Gasteiger partial charge in [0, 0.05) is 0 Å². The summed E-state index contributed by atoms with van der Waals surface area (Å²) >= 11 is 2.34. The molecule has 1 aromatic rings. The minimum atomic E-state index is 0.639. The van der Waals surface area contributed by atoms with Crippen molar-refractivity contribution in [3.05, 3.63) is 51.1 Å². The van der Waals surface area contributed by atoms with E-state index < -0.39 is 0 Å². The van der Waals surface area contributed by atoms with Crippen molar-refractivity contribution < 1.29 is 9.47 Å². The van der Waals surface area contributed by atoms with Crippen LogP contribution in [0.1, 0.15) is 32.3 Å². The summed E-state index contributed by atoms with van der Waals surface area (Å²) in [4.78, 5) is 0. The van der Waals surface area contributed by atoms with E-state index in [0.29, 0.717) is 13.2 Å². The average molecular weight is 386 g/mol. The van der Waals surface area contributed by atoms with Gasteiger partial charge < -0.3 is 9.47 Å². The fourth-order valence-corrected chi connectivity index (χ4v) is 2.01. The molecular formula is C17H23IO2. The van der Waals surface area contributed by atoms with E-state index in [9.17, 15) is 0 Å². The van der Waals surface area contributed by atoms with Gasteiger partial charge in [-0.05, 0) is 70.6 Å². The lowest BCUT2D eigenvalue weighted by Gasteiger charge is -2.04. The molecule has 0 atom stereocenters. The molecule has 0 spiro atoms. The Labute approximate surface area is 136 Å². The maximum absolute atomic E-state index is 5.66. The van der Waals surface area contributed by atoms with Crippen LogP contribution in [0.3, 0.4) is 0 Å². The van der Waals surface area contributed by atoms with E-state index in [4.69, 9.17) is 9.47 Å². The summed E-state index contributed by atoms with van der Waals surface area (Å²) in [7, 11) is 1.67. The normalized spacial score (nSPS) is 12.6. The third-order valence-electron chi connectivity index (χ3n) is 2.94. The predicted octanol–water partition coefficient (Wildman–Crippen LogP) is 5.28. The van der Waals surface area contributed by atoms with Crippen LogP contribution in [-0.4, -0.2) is 13.7 Å². The highest BCUT2D eigenvalue weighted by Crippen LogP contribution is 2.12. The standard InChI is InChI=1S/C17H23IO2/c1-14(5-4-6-15(2)18)11-12-20-13-16-7-9-17(19-3)10-8-16/h6-11H,4-5,12-13H2,1-3H3/b14-11+,15-6-. The van der Waals surface area contributed by atoms with E-state index in [1.54, 1.807) is 7.11 Å². The first-order valence-electron chi connectivity index (χ1n) is 6.80. The van der Waals surface area contributed by atoms with Crippen molar-refractivity contribution in [3.63, 3.8) is 0 Å². The molecule has 0 aliphatic carbocycles. The number of hydrogen-bond donors (Lipinski definition) is 0. The molecule has 110 valence electrons. The molecule has 3 heteroatoms. The first kappa shape index (κ1) is 17.2. The summed E-state index contributed by atoms with van der Waals surface area (Å²) in [5.41, 5.74) is 2.55. The molecule has 0 radical (unpaired) electrons. The van der Waals surface area contributed by atoms with E-state index >= 15 is 0 Å². The van der Waals surface area contributed by atoms with Crippen LogP contribution in [0.2, 0.25) is 0 Å². The molecule has 0 N–H and O–H groups in total. The lowest BCUT2D eigenvalue weighted by molar-refractivity contribution is 0.148. The second kappa shape index (κ2) is 10.00. The number of halogens is 1. The summed E-state index contributed by atoms with van der Waals surface area (Å²) in [5.74, 6) is 0.878. The van der Waals surface area contributed by atoms with Gasteiger partial charge in [0.25, 0.3) is 0 Å². The van der Waals surface area contributed by atoms with E-state index in [1.807, 2.05) is 24.3 Å². The molecule has 0 aliphatic heterocycles. The zero-order chi connectivity index (χ0) is 14.8. The molecule has 0 amide bonds. The monoisotopic (exact) mass is 386 g/mol. The van der Waals surface area contributed by atoms with Gasteiger partial charge in [0.2, 0.25) is 0 Å². The summed E-state index contributed by atoms with van der Waals surface area (Å²) in [5, 5.41) is 0. The van der Waals surface area contributed by atoms with Crippen LogP contribution < -0.4 is 4.74 Å². The zero-order valence-electron chi connectivity index (χ0n) is 12.5. The molecule has 0 unspecified atom stereocenters. The first-order valence-corrected chi connectivity index (χ1v) is 7.88. The predicted molar refractivity (Wildman–Crippen MR) is 93.4 cm³/mol. The third kappa shape index (κ3) is 7.70. The number of allylic oxidation sites excluding steroid dienone is 3. The molecule has 0 fully saturated rings. The van der Waals surface area contributed by atoms with Gasteiger partial charge in [0.15, 0.2) is 0 Å². The van der Waals surface area contributed by atoms with Crippen LogP contribution in [0.15, 0.2) is 45.6 Å². The SMILES string of the molecule is COc1ccc(COC/C=C(\C)CC/C=C(/C)I)cc1. The largest absolute Gasteiger partial charge is 0.497 e. The number of benzene rings is 1. The summed E-state index contributed by atoms with van der Waals surface area (Å²) < 4.78 is 12.1. The number of methoxy groups -OCH3 is 1. The van der Waals surface area contributed by atoms with Gasteiger partial charge in [-0.2, -0.15) is 0 Å². The van der Waals surface area contributed by atoms with Gasteiger partial charge in [-0.15, -0.1) is 0 Å². The van der Waals surface area contributed by atoms with Gasteiger partial charge in [0.05, 0.1) is 20.3 Å². The summed E-state index contributed by atoms with van der Waals surface area (Å²) in [6.45, 7) is 5.59. The highest BCUT2D eigenvalue weighted by molar-refractivity contribution is 14.1. The molecule has 0 saturated carbocycles. The molecular weight excluding hydrogens is 363 g/mol. The number of hydrogen-bond acceptors (Lipinski definition) is 2. The smallest absolute Gasteiger partial charge is 0.118 e. The van der Waals surface area contributed by atoms with Crippen LogP contribution in [0, 0.1) is 0 Å². The second-order valence-electron chi connectivity index (χ2n) is 4.74. The van der Waals surface area contributed by atoms with Gasteiger partial charge in [-0.25, -0.2) is 0 Å². The topological polar surface area (TPSA) is 18.5 Å². The van der Waals surface area contributed by atoms with Crippen LogP contribution in [-0.2, 0) is 11.3 Å². The van der Waals surface area contributed by atoms with Gasteiger partial charge in [0.1, 0.15) is 5.75 Å². The van der Waals surface area contributed by atoms with Crippen molar-refractivity contribution in [3.8, 4) is 5.75 Å². The van der Waals surface area contributed by atoms with E-state index in [0.717, 1.165) is 18.6 Å². The van der Waals surface area contributed by atoms with Crippen LogP contribution >= 0.6 is 22.6 Å². The molecule has 0 aliphatic rings. The minimum Gasteiger partial charge on any atom is -0.497 e. The highest BCUT2D eigenvalue weighted by Gasteiger charge is 1.95. The lowest BCUT2D eigenvalue weighted by Crippen LogP contribution is -1.94. The van der Waals surface area contributed by atoms with Crippen molar-refractivity contribution in [2.45, 2.75) is 33.3 Å². The van der Waals surface area contributed by atoms with Crippen LogP contribution in [0.25, 0.3) is 0 Å². The van der Waals surface area contributed by atoms with Crippen LogP contribution in [0.4, 0.5) is 0 Å². The molecule has 2 nitrogen and oxygen atoms in total. The molecule has 0 aromatic heterocycles. The Morgan fingerprint density at radius 1 is 1.15 bits per heavy atom. The maximum atomic E-state index is 5.66. The highest BCUT2D eigenvalue weighted by atomic mass is 127. The fraction of sp³-hybridized carbons (Fsp3) is 0.412. The summed E-state index contributed by atoms with van der Waals surface area (Å²) in [6.07, 6.45) is 6.64. The minimum absolute atomic E-state index is 0.639. The maximum Gasteiger partial charge on any atom is 0.118 e. The summed E-state index contributed by atoms with van der Waals surface area (Å²) in [6, 6.07) is 7.98. The van der Waals surface area contributed by atoms with Gasteiger partial charge in [-0.3, -0.25) is 0 Å². The lowest BCUT2D eigenvalue weighted by atomic mass is 10.1.